The van der Waals surface area contributed by atoms with Crippen molar-refractivity contribution in [3.8, 4) is 0 Å². The molecule has 0 bridgehead atoms. The largest absolute Gasteiger partial charge is 0.480 e. The Kier molecular flexibility index (Phi) is 19.6. The zero-order valence-electron chi connectivity index (χ0n) is 26.1. The number of carbonyl (C=O) groups is 7. The molecule has 0 aliphatic rings. The first-order valence-corrected chi connectivity index (χ1v) is 14.9. The molecule has 0 aliphatic carbocycles. The summed E-state index contributed by atoms with van der Waals surface area (Å²) < 4.78 is 0. The monoisotopic (exact) mass is 667 g/mol. The minimum atomic E-state index is -1.24. The second kappa shape index (κ2) is 22.8. The number of nitrogens with two attached hydrogens (primary N) is 1. The number of nitrogens with one attached hydrogen (secondary N) is 3. The lowest BCUT2D eigenvalue weighted by Crippen LogP contribution is -2.50. The van der Waals surface area contributed by atoms with Gasteiger partial charge in [0.05, 0.1) is 38.8 Å². The summed E-state index contributed by atoms with van der Waals surface area (Å²) in [5.74, 6) is -6.30. The van der Waals surface area contributed by atoms with E-state index in [1.807, 2.05) is 30.3 Å². The fourth-order valence-electron chi connectivity index (χ4n) is 4.35. The van der Waals surface area contributed by atoms with E-state index in [1.54, 1.807) is 4.90 Å². The molecule has 0 heterocycles. The molecule has 0 aliphatic heterocycles. The van der Waals surface area contributed by atoms with Crippen molar-refractivity contribution in [3.63, 3.8) is 0 Å². The third-order valence-corrected chi connectivity index (χ3v) is 6.63. The van der Waals surface area contributed by atoms with E-state index in [1.165, 1.54) is 0 Å². The van der Waals surface area contributed by atoms with Crippen molar-refractivity contribution in [2.24, 2.45) is 5.73 Å². The quantitative estimate of drug-likeness (QED) is 0.0400. The lowest BCUT2D eigenvalue weighted by atomic mass is 10.1. The highest BCUT2D eigenvalue weighted by atomic mass is 16.4. The number of carbonyl (C=O) groups excluding carboxylic acids is 3. The number of nitrogens with zero attached hydrogens (tertiary/aromatic N) is 3. The Morgan fingerprint density at radius 3 is 1.60 bits per heavy atom. The molecule has 0 fully saturated rings. The van der Waals surface area contributed by atoms with Gasteiger partial charge in [-0.1, -0.05) is 36.8 Å². The molecule has 0 spiro atoms. The SMILES string of the molecule is N[C@H](Cc1ccccc1)C(=O)NNC(=O)CCCCCNC(=O)CN(CCN(CC(=O)O)CC(=O)O)CCN(CC(=O)O)CC(=O)O. The zero-order valence-corrected chi connectivity index (χ0v) is 26.1. The van der Waals surface area contributed by atoms with Crippen molar-refractivity contribution in [2.45, 2.75) is 38.1 Å². The molecule has 262 valence electrons. The molecule has 0 aromatic heterocycles. The molecule has 0 radical (unpaired) electrons. The van der Waals surface area contributed by atoms with Crippen LogP contribution in [-0.2, 0) is 40.0 Å². The van der Waals surface area contributed by atoms with E-state index in [2.05, 4.69) is 16.2 Å². The minimum Gasteiger partial charge on any atom is -0.480 e. The maximum absolute atomic E-state index is 12.6. The number of hydrogen-bond donors (Lipinski definition) is 8. The molecule has 1 rings (SSSR count). The fourth-order valence-corrected chi connectivity index (χ4v) is 4.35. The molecule has 18 heteroatoms. The molecule has 18 nitrogen and oxygen atoms in total. The van der Waals surface area contributed by atoms with Crippen LogP contribution in [0, 0.1) is 0 Å². The molecule has 47 heavy (non-hydrogen) atoms. The first kappa shape index (κ1) is 40.4. The second-order valence-corrected chi connectivity index (χ2v) is 10.8. The Labute approximate surface area is 271 Å². The molecule has 0 saturated carbocycles. The van der Waals surface area contributed by atoms with Crippen molar-refractivity contribution in [1.29, 1.82) is 0 Å². The van der Waals surface area contributed by atoms with E-state index in [0.717, 1.165) is 15.4 Å². The van der Waals surface area contributed by atoms with Gasteiger partial charge in [0, 0.05) is 39.1 Å². The van der Waals surface area contributed by atoms with E-state index in [9.17, 15) is 33.6 Å². The van der Waals surface area contributed by atoms with Gasteiger partial charge in [-0.15, -0.1) is 0 Å². The van der Waals surface area contributed by atoms with Crippen molar-refractivity contribution >= 4 is 41.6 Å². The lowest BCUT2D eigenvalue weighted by molar-refractivity contribution is -0.143. The van der Waals surface area contributed by atoms with E-state index in [0.29, 0.717) is 25.7 Å². The smallest absolute Gasteiger partial charge is 0.317 e. The number of carboxylic acid groups (broad SMARTS) is 4. The minimum absolute atomic E-state index is 0.0365. The third kappa shape index (κ3) is 20.9. The molecule has 1 aromatic rings. The first-order chi connectivity index (χ1) is 22.2. The van der Waals surface area contributed by atoms with Gasteiger partial charge < -0.3 is 31.5 Å². The van der Waals surface area contributed by atoms with E-state index >= 15 is 0 Å². The molecule has 0 unspecified atom stereocenters. The van der Waals surface area contributed by atoms with Crippen LogP contribution in [0.3, 0.4) is 0 Å². The third-order valence-electron chi connectivity index (χ3n) is 6.63. The Hall–Kier alpha value is -4.65. The summed E-state index contributed by atoms with van der Waals surface area (Å²) in [7, 11) is 0. The standard InChI is InChI=1S/C29H45N7O11/c30-22(15-21-7-3-1-4-8-21)29(47)33-32-23(37)9-5-2-6-10-31-24(38)16-34(11-13-35(17-25(39)40)18-26(41)42)12-14-36(19-27(43)44)20-28(45)46/h1,3-4,7-8,22H,2,5-6,9-20,30H2,(H,31,38)(H,32,37)(H,33,47)(H,39,40)(H,41,42)(H,43,44)(H,45,46)/t22-/m1/s1. The Morgan fingerprint density at radius 1 is 0.617 bits per heavy atom. The topological polar surface area (TPSA) is 272 Å². The summed E-state index contributed by atoms with van der Waals surface area (Å²) in [4.78, 5) is 85.2. The van der Waals surface area contributed by atoms with Crippen LogP contribution >= 0.6 is 0 Å². The van der Waals surface area contributed by atoms with Gasteiger partial charge in [0.1, 0.15) is 0 Å². The maximum Gasteiger partial charge on any atom is 0.317 e. The summed E-state index contributed by atoms with van der Waals surface area (Å²) >= 11 is 0. The van der Waals surface area contributed by atoms with Gasteiger partial charge in [-0.3, -0.25) is 59.1 Å². The van der Waals surface area contributed by atoms with Crippen LogP contribution in [0.15, 0.2) is 30.3 Å². The van der Waals surface area contributed by atoms with Gasteiger partial charge in [-0.2, -0.15) is 0 Å². The number of benzene rings is 1. The van der Waals surface area contributed by atoms with Gasteiger partial charge in [-0.05, 0) is 24.8 Å². The highest BCUT2D eigenvalue weighted by Crippen LogP contribution is 2.03. The van der Waals surface area contributed by atoms with Crippen LogP contribution in [0.5, 0.6) is 0 Å². The molecular weight excluding hydrogens is 622 g/mol. The normalized spacial score (nSPS) is 11.7. The molecular formula is C29H45N7O11. The number of carboxylic acids is 4. The fraction of sp³-hybridized carbons (Fsp3) is 0.552. The van der Waals surface area contributed by atoms with Gasteiger partial charge in [-0.25, -0.2) is 0 Å². The zero-order chi connectivity index (χ0) is 35.2. The van der Waals surface area contributed by atoms with Crippen molar-refractivity contribution in [1.82, 2.24) is 30.9 Å². The molecule has 0 saturated heterocycles. The van der Waals surface area contributed by atoms with E-state index in [4.69, 9.17) is 26.2 Å². The first-order valence-electron chi connectivity index (χ1n) is 14.9. The Balaban J connectivity index is 2.50. The van der Waals surface area contributed by atoms with E-state index < -0.39 is 73.8 Å². The summed E-state index contributed by atoms with van der Waals surface area (Å²) in [5.41, 5.74) is 11.4. The number of hydrazine groups is 1. The van der Waals surface area contributed by atoms with Crippen LogP contribution in [-0.4, -0.2) is 148 Å². The van der Waals surface area contributed by atoms with Crippen molar-refractivity contribution in [2.75, 3.05) is 65.4 Å². The number of aliphatic carboxylic acids is 4. The van der Waals surface area contributed by atoms with Crippen LogP contribution in [0.25, 0.3) is 0 Å². The summed E-state index contributed by atoms with van der Waals surface area (Å²) in [6.07, 6.45) is 2.03. The Morgan fingerprint density at radius 2 is 1.11 bits per heavy atom. The number of rotatable bonds is 25. The number of hydrogen-bond acceptors (Lipinski definition) is 11. The summed E-state index contributed by atoms with van der Waals surface area (Å²) in [6.45, 7) is -2.12. The lowest BCUT2D eigenvalue weighted by Gasteiger charge is -2.28. The average Bonchev–Trinajstić information content (AvgIpc) is 2.98. The van der Waals surface area contributed by atoms with Gasteiger partial charge >= 0.3 is 23.9 Å². The van der Waals surface area contributed by atoms with Crippen LogP contribution in [0.2, 0.25) is 0 Å². The van der Waals surface area contributed by atoms with Crippen LogP contribution in [0.4, 0.5) is 0 Å². The summed E-state index contributed by atoms with van der Waals surface area (Å²) in [5, 5.41) is 39.0. The molecule has 9 N–H and O–H groups in total. The molecule has 1 atom stereocenters. The van der Waals surface area contributed by atoms with Gasteiger partial charge in [0.2, 0.25) is 11.8 Å². The van der Waals surface area contributed by atoms with Crippen molar-refractivity contribution < 1.29 is 54.0 Å². The highest BCUT2D eigenvalue weighted by molar-refractivity contribution is 5.85. The van der Waals surface area contributed by atoms with E-state index in [-0.39, 0.29) is 45.7 Å². The molecule has 3 amide bonds. The van der Waals surface area contributed by atoms with Crippen molar-refractivity contribution in [3.05, 3.63) is 35.9 Å². The van der Waals surface area contributed by atoms with Crippen LogP contribution < -0.4 is 21.9 Å². The average molecular weight is 668 g/mol. The predicted octanol–water partition coefficient (Wildman–Crippen LogP) is -2.38. The predicted molar refractivity (Wildman–Crippen MR) is 166 cm³/mol. The highest BCUT2D eigenvalue weighted by Gasteiger charge is 2.20. The number of unbranched alkanes of at least 4 members (excludes halogenated alkanes) is 2. The summed E-state index contributed by atoms with van der Waals surface area (Å²) in [6, 6.07) is 8.37. The van der Waals surface area contributed by atoms with Gasteiger partial charge in [0.15, 0.2) is 0 Å². The molecule has 1 aromatic carbocycles. The second-order valence-electron chi connectivity index (χ2n) is 10.8. The maximum atomic E-state index is 12.6. The van der Waals surface area contributed by atoms with Gasteiger partial charge in [0.25, 0.3) is 5.91 Å². The number of amides is 3. The van der Waals surface area contributed by atoms with Crippen LogP contribution in [0.1, 0.15) is 31.2 Å². The Bertz CT molecular complexity index is 1110.